The van der Waals surface area contributed by atoms with E-state index in [2.05, 4.69) is 5.32 Å². The van der Waals surface area contributed by atoms with Crippen molar-refractivity contribution in [3.63, 3.8) is 0 Å². The summed E-state index contributed by atoms with van der Waals surface area (Å²) in [7, 11) is 0. The van der Waals surface area contributed by atoms with Crippen LogP contribution in [0.15, 0.2) is 51.7 Å². The molecular formula is C25H25NO5. The zero-order valence-electron chi connectivity index (χ0n) is 17.9. The molecule has 160 valence electrons. The number of fused-ring (bicyclic) bond motifs is 2. The monoisotopic (exact) mass is 419 g/mol. The molecule has 3 aromatic rings. The summed E-state index contributed by atoms with van der Waals surface area (Å²) in [4.78, 5) is 36.8. The van der Waals surface area contributed by atoms with Gasteiger partial charge in [0.15, 0.2) is 0 Å². The van der Waals surface area contributed by atoms with Gasteiger partial charge in [0, 0.05) is 28.1 Å². The average molecular weight is 419 g/mol. The zero-order chi connectivity index (χ0) is 22.2. The number of rotatable bonds is 4. The Bertz CT molecular complexity index is 1230. The number of hydrogen-bond acceptors (Lipinski definition) is 5. The first-order valence-electron chi connectivity index (χ1n) is 10.4. The van der Waals surface area contributed by atoms with Gasteiger partial charge in [0.2, 0.25) is 5.91 Å². The molecule has 0 saturated heterocycles. The molecule has 1 heterocycles. The number of hydrogen-bond donors (Lipinski definition) is 1. The summed E-state index contributed by atoms with van der Waals surface area (Å²) in [5.41, 5.74) is 3.42. The minimum absolute atomic E-state index is 0.0434. The molecule has 1 N–H and O–H groups in total. The Hall–Kier alpha value is -3.41. The highest BCUT2D eigenvalue weighted by Crippen LogP contribution is 2.29. The van der Waals surface area contributed by atoms with Gasteiger partial charge in [-0.3, -0.25) is 4.79 Å². The summed E-state index contributed by atoms with van der Waals surface area (Å²) >= 11 is 0. The molecule has 31 heavy (non-hydrogen) atoms. The molecule has 6 heteroatoms. The molecule has 0 spiro atoms. The average Bonchev–Trinajstić information content (AvgIpc) is 3.17. The van der Waals surface area contributed by atoms with E-state index >= 15 is 0 Å². The minimum atomic E-state index is -0.549. The Labute approximate surface area is 180 Å². The van der Waals surface area contributed by atoms with Crippen molar-refractivity contribution in [2.45, 2.75) is 46.6 Å². The van der Waals surface area contributed by atoms with Gasteiger partial charge in [-0.05, 0) is 60.7 Å². The fourth-order valence-corrected chi connectivity index (χ4v) is 3.68. The van der Waals surface area contributed by atoms with Gasteiger partial charge in [0.1, 0.15) is 12.2 Å². The van der Waals surface area contributed by atoms with Crippen molar-refractivity contribution >= 4 is 28.5 Å². The summed E-state index contributed by atoms with van der Waals surface area (Å²) < 4.78 is 10.9. The molecule has 0 fully saturated rings. The number of carbonyl (C=O) groups excluding carboxylic acids is 2. The number of aryl methyl sites for hydroxylation is 2. The number of carbonyl (C=O) groups is 2. The van der Waals surface area contributed by atoms with Gasteiger partial charge in [-0.1, -0.05) is 26.8 Å². The molecule has 0 saturated carbocycles. The fourth-order valence-electron chi connectivity index (χ4n) is 3.68. The Morgan fingerprint density at radius 1 is 1.06 bits per heavy atom. The van der Waals surface area contributed by atoms with Crippen LogP contribution in [0.2, 0.25) is 0 Å². The number of anilines is 1. The Morgan fingerprint density at radius 3 is 2.55 bits per heavy atom. The predicted octanol–water partition coefficient (Wildman–Crippen LogP) is 4.62. The maximum atomic E-state index is 12.6. The topological polar surface area (TPSA) is 85.6 Å². The first-order chi connectivity index (χ1) is 14.7. The first-order valence-corrected chi connectivity index (χ1v) is 10.4. The molecule has 1 aromatic heterocycles. The van der Waals surface area contributed by atoms with E-state index in [4.69, 9.17) is 9.15 Å². The largest absolute Gasteiger partial charge is 0.457 e. The van der Waals surface area contributed by atoms with Crippen LogP contribution in [0.1, 0.15) is 54.2 Å². The van der Waals surface area contributed by atoms with Gasteiger partial charge in [0.05, 0.1) is 5.56 Å². The van der Waals surface area contributed by atoms with Gasteiger partial charge in [-0.2, -0.15) is 0 Å². The summed E-state index contributed by atoms with van der Waals surface area (Å²) in [6.45, 7) is 5.40. The first kappa shape index (κ1) is 20.8. The van der Waals surface area contributed by atoms with E-state index in [1.165, 1.54) is 17.2 Å². The lowest BCUT2D eigenvalue weighted by molar-refractivity contribution is -0.123. The quantitative estimate of drug-likeness (QED) is 0.492. The van der Waals surface area contributed by atoms with Crippen LogP contribution in [0.3, 0.4) is 0 Å². The lowest BCUT2D eigenvalue weighted by Crippen LogP contribution is -2.27. The molecule has 6 nitrogen and oxygen atoms in total. The second-order valence-corrected chi connectivity index (χ2v) is 8.92. The van der Waals surface area contributed by atoms with Crippen molar-refractivity contribution in [2.24, 2.45) is 5.41 Å². The molecule has 0 bridgehead atoms. The number of esters is 1. The number of ether oxygens (including phenoxy) is 1. The smallest absolute Gasteiger partial charge is 0.338 e. The van der Waals surface area contributed by atoms with Crippen LogP contribution in [0.4, 0.5) is 5.69 Å². The zero-order valence-corrected chi connectivity index (χ0v) is 17.9. The van der Waals surface area contributed by atoms with E-state index in [0.29, 0.717) is 22.4 Å². The van der Waals surface area contributed by atoms with Crippen molar-refractivity contribution in [2.75, 3.05) is 5.32 Å². The van der Waals surface area contributed by atoms with Crippen molar-refractivity contribution < 1.29 is 18.7 Å². The lowest BCUT2D eigenvalue weighted by atomic mass is 9.95. The highest BCUT2D eigenvalue weighted by Gasteiger charge is 2.21. The van der Waals surface area contributed by atoms with Crippen molar-refractivity contribution in [1.82, 2.24) is 0 Å². The molecule has 1 aliphatic rings. The molecular weight excluding hydrogens is 394 g/mol. The van der Waals surface area contributed by atoms with Gasteiger partial charge in [-0.25, -0.2) is 9.59 Å². The molecule has 4 rings (SSSR count). The Kier molecular flexibility index (Phi) is 5.39. The van der Waals surface area contributed by atoms with E-state index < -0.39 is 17.0 Å². The van der Waals surface area contributed by atoms with E-state index in [0.717, 1.165) is 24.6 Å². The summed E-state index contributed by atoms with van der Waals surface area (Å²) in [6.07, 6.45) is 3.06. The Balaban J connectivity index is 1.53. The van der Waals surface area contributed by atoms with Crippen LogP contribution in [0.25, 0.3) is 11.0 Å². The summed E-state index contributed by atoms with van der Waals surface area (Å²) in [5, 5.41) is 3.60. The van der Waals surface area contributed by atoms with Gasteiger partial charge < -0.3 is 14.5 Å². The molecule has 0 aliphatic heterocycles. The molecule has 0 atom stereocenters. The summed E-state index contributed by atoms with van der Waals surface area (Å²) in [5.74, 6) is -0.678. The van der Waals surface area contributed by atoms with Crippen LogP contribution in [0, 0.1) is 5.41 Å². The number of nitrogens with one attached hydrogen (secondary N) is 1. The van der Waals surface area contributed by atoms with Crippen LogP contribution in [-0.2, 0) is 29.0 Å². The second kappa shape index (κ2) is 8.02. The highest BCUT2D eigenvalue weighted by molar-refractivity contribution is 5.96. The normalized spacial score (nSPS) is 13.1. The van der Waals surface area contributed by atoms with Gasteiger partial charge >= 0.3 is 11.6 Å². The molecule has 1 amide bonds. The van der Waals surface area contributed by atoms with E-state index in [1.807, 2.05) is 32.9 Å². The third-order valence-corrected chi connectivity index (χ3v) is 5.44. The van der Waals surface area contributed by atoms with E-state index in [1.54, 1.807) is 24.3 Å². The van der Waals surface area contributed by atoms with Gasteiger partial charge in [0.25, 0.3) is 0 Å². The van der Waals surface area contributed by atoms with Crippen molar-refractivity contribution in [1.29, 1.82) is 0 Å². The number of benzene rings is 2. The standard InChI is InChI=1S/C25H25NO5/c1-25(2,3)24(29)26-19-9-5-8-17(10-19)23(28)30-14-18-13-22(27)31-21-12-16-7-4-6-15(16)11-20(18)21/h5,8-13H,4,6-7,14H2,1-3H3,(H,26,29). The van der Waals surface area contributed by atoms with Crippen molar-refractivity contribution in [3.8, 4) is 0 Å². The van der Waals surface area contributed by atoms with Crippen LogP contribution < -0.4 is 10.9 Å². The van der Waals surface area contributed by atoms with Crippen molar-refractivity contribution in [3.05, 3.63) is 75.1 Å². The fraction of sp³-hybridized carbons (Fsp3) is 0.320. The predicted molar refractivity (Wildman–Crippen MR) is 118 cm³/mol. The lowest BCUT2D eigenvalue weighted by Gasteiger charge is -2.17. The second-order valence-electron chi connectivity index (χ2n) is 8.92. The third-order valence-electron chi connectivity index (χ3n) is 5.44. The third kappa shape index (κ3) is 4.53. The minimum Gasteiger partial charge on any atom is -0.457 e. The highest BCUT2D eigenvalue weighted by atomic mass is 16.5. The summed E-state index contributed by atoms with van der Waals surface area (Å²) in [6, 6.07) is 11.9. The Morgan fingerprint density at radius 2 is 1.81 bits per heavy atom. The maximum absolute atomic E-state index is 12.6. The number of amides is 1. The van der Waals surface area contributed by atoms with Crippen LogP contribution in [-0.4, -0.2) is 11.9 Å². The van der Waals surface area contributed by atoms with Crippen LogP contribution in [0.5, 0.6) is 0 Å². The van der Waals surface area contributed by atoms with E-state index in [9.17, 15) is 14.4 Å². The van der Waals surface area contributed by atoms with E-state index in [-0.39, 0.29) is 12.5 Å². The van der Waals surface area contributed by atoms with Crippen LogP contribution >= 0.6 is 0 Å². The van der Waals surface area contributed by atoms with Gasteiger partial charge in [-0.15, -0.1) is 0 Å². The molecule has 0 radical (unpaired) electrons. The molecule has 1 aliphatic carbocycles. The molecule has 2 aromatic carbocycles. The SMILES string of the molecule is CC(C)(C)C(=O)Nc1cccc(C(=O)OCc2cc(=O)oc3cc4c(cc23)CCC4)c1. The molecule has 0 unspecified atom stereocenters. The maximum Gasteiger partial charge on any atom is 0.338 e.